The van der Waals surface area contributed by atoms with Crippen LogP contribution >= 0.6 is 11.8 Å². The summed E-state index contributed by atoms with van der Waals surface area (Å²) in [6, 6.07) is 1.36. The second kappa shape index (κ2) is 7.36. The van der Waals surface area contributed by atoms with Crippen molar-refractivity contribution >= 4 is 59.1 Å². The predicted octanol–water partition coefficient (Wildman–Crippen LogP) is 0.825. The van der Waals surface area contributed by atoms with Crippen LogP contribution in [0.5, 0.6) is 0 Å². The first-order valence-electron chi connectivity index (χ1n) is 7.95. The molecule has 3 aliphatic rings. The van der Waals surface area contributed by atoms with Gasteiger partial charge in [0.2, 0.25) is 0 Å². The first kappa shape index (κ1) is 21.2. The van der Waals surface area contributed by atoms with Gasteiger partial charge in [-0.1, -0.05) is 11.8 Å². The van der Waals surface area contributed by atoms with Crippen LogP contribution in [-0.2, 0) is 14.4 Å². The van der Waals surface area contributed by atoms with Crippen molar-refractivity contribution in [3.8, 4) is 0 Å². The minimum absolute atomic E-state index is 0. The van der Waals surface area contributed by atoms with E-state index in [4.69, 9.17) is 0 Å². The minimum atomic E-state index is -5.08. The molecule has 3 atom stereocenters. The average molecular weight is 423 g/mol. The predicted molar refractivity (Wildman–Crippen MR) is 92.2 cm³/mol. The number of alkyl halides is 3. The number of carbonyl (C=O) groups is 3. The number of nitrogens with zero attached hydrogens (tertiary/aromatic N) is 3. The molecule has 1 aromatic rings. The molecule has 1 aromatic heterocycles. The Labute approximate surface area is 183 Å². The summed E-state index contributed by atoms with van der Waals surface area (Å²) in [6.45, 7) is -0.233. The van der Waals surface area contributed by atoms with E-state index < -0.39 is 42.0 Å². The van der Waals surface area contributed by atoms with E-state index >= 15 is 0 Å². The van der Waals surface area contributed by atoms with Crippen molar-refractivity contribution in [2.75, 3.05) is 6.54 Å². The standard InChI is InChI=1S/C16H12F3N3O4S.Na.H/c17-16(18,19)15(26)21-6-7-5-9(27-8-1-3-20-4-2-8)11(14(24)25)22-10(7)12(21)13(22)23;;/h1-4,7,10,12H,5-6H2,(H,24,25);;/t7-,10-,12+;;/m1../s1. The first-order chi connectivity index (χ1) is 12.7. The number of halogens is 3. The van der Waals surface area contributed by atoms with E-state index in [1.165, 1.54) is 12.4 Å². The third kappa shape index (κ3) is 3.23. The van der Waals surface area contributed by atoms with Crippen molar-refractivity contribution in [2.45, 2.75) is 29.6 Å². The maximum absolute atomic E-state index is 12.8. The molecule has 144 valence electrons. The van der Waals surface area contributed by atoms with Crippen molar-refractivity contribution in [3.63, 3.8) is 0 Å². The Kier molecular flexibility index (Phi) is 5.56. The number of hydrogen-bond acceptors (Lipinski definition) is 5. The van der Waals surface area contributed by atoms with E-state index in [1.54, 1.807) is 12.1 Å². The van der Waals surface area contributed by atoms with Gasteiger partial charge < -0.3 is 10.0 Å². The summed E-state index contributed by atoms with van der Waals surface area (Å²) in [7, 11) is 0. The van der Waals surface area contributed by atoms with E-state index in [1.807, 2.05) is 0 Å². The van der Waals surface area contributed by atoms with Crippen LogP contribution in [0.1, 0.15) is 6.42 Å². The molecule has 0 unspecified atom stereocenters. The number of hydrogen-bond donors (Lipinski definition) is 1. The van der Waals surface area contributed by atoms with Crippen molar-refractivity contribution in [2.24, 2.45) is 5.92 Å². The van der Waals surface area contributed by atoms with E-state index in [9.17, 15) is 32.7 Å². The molecule has 0 aliphatic carbocycles. The van der Waals surface area contributed by atoms with E-state index in [2.05, 4.69) is 4.98 Å². The van der Waals surface area contributed by atoms with Crippen LogP contribution in [0.25, 0.3) is 0 Å². The van der Waals surface area contributed by atoms with Gasteiger partial charge in [0, 0.05) is 34.7 Å². The van der Waals surface area contributed by atoms with Gasteiger partial charge in [-0.2, -0.15) is 13.2 Å². The summed E-state index contributed by atoms with van der Waals surface area (Å²) >= 11 is 1.13. The molecule has 3 aliphatic heterocycles. The molecule has 4 heterocycles. The number of amides is 2. The fourth-order valence-electron chi connectivity index (χ4n) is 3.90. The molecule has 0 saturated carbocycles. The number of thioether (sulfide) groups is 1. The molecular weight excluding hydrogens is 410 g/mol. The van der Waals surface area contributed by atoms with E-state index in [-0.39, 0.29) is 48.2 Å². The summed E-state index contributed by atoms with van der Waals surface area (Å²) in [5, 5.41) is 9.59. The second-order valence-electron chi connectivity index (χ2n) is 6.43. The van der Waals surface area contributed by atoms with Crippen LogP contribution in [0.3, 0.4) is 0 Å². The zero-order valence-electron chi connectivity index (χ0n) is 13.5. The zero-order valence-corrected chi connectivity index (χ0v) is 14.3. The van der Waals surface area contributed by atoms with Crippen LogP contribution in [-0.4, -0.2) is 92.0 Å². The molecule has 28 heavy (non-hydrogen) atoms. The third-order valence-corrected chi connectivity index (χ3v) is 6.03. The van der Waals surface area contributed by atoms with Crippen molar-refractivity contribution in [1.82, 2.24) is 14.8 Å². The van der Waals surface area contributed by atoms with Gasteiger partial charge in [0.15, 0.2) is 0 Å². The van der Waals surface area contributed by atoms with Gasteiger partial charge >= 0.3 is 47.6 Å². The Morgan fingerprint density at radius 3 is 2.46 bits per heavy atom. The van der Waals surface area contributed by atoms with Crippen LogP contribution in [0.4, 0.5) is 13.2 Å². The van der Waals surface area contributed by atoms with Gasteiger partial charge in [-0.05, 0) is 18.6 Å². The third-order valence-electron chi connectivity index (χ3n) is 4.91. The number of likely N-dealkylation sites (tertiary alicyclic amines) is 1. The van der Waals surface area contributed by atoms with Crippen molar-refractivity contribution in [3.05, 3.63) is 35.1 Å². The fourth-order valence-corrected chi connectivity index (χ4v) is 5.02. The molecule has 2 amide bonds. The number of β-lactam (4-membered cyclic amide) rings is 1. The molecule has 2 fully saturated rings. The number of carboxylic acid groups (broad SMARTS) is 1. The summed E-state index contributed by atoms with van der Waals surface area (Å²) < 4.78 is 38.5. The summed E-state index contributed by atoms with van der Waals surface area (Å²) in [5.41, 5.74) is -0.222. The molecule has 12 heteroatoms. The molecule has 4 rings (SSSR count). The Balaban J connectivity index is 0.00000225. The Bertz CT molecular complexity index is 880. The number of pyridine rings is 1. The molecule has 1 N–H and O–H groups in total. The van der Waals surface area contributed by atoms with Gasteiger partial charge in [-0.25, -0.2) is 4.79 Å². The van der Waals surface area contributed by atoms with Crippen LogP contribution in [0.2, 0.25) is 0 Å². The number of aromatic nitrogens is 1. The zero-order chi connectivity index (χ0) is 19.5. The van der Waals surface area contributed by atoms with Crippen LogP contribution < -0.4 is 0 Å². The fraction of sp³-hybridized carbons (Fsp3) is 0.375. The Morgan fingerprint density at radius 2 is 1.89 bits per heavy atom. The number of rotatable bonds is 3. The first-order valence-corrected chi connectivity index (χ1v) is 8.77. The molecule has 0 aromatic carbocycles. The molecule has 2 saturated heterocycles. The second-order valence-corrected chi connectivity index (χ2v) is 7.59. The maximum atomic E-state index is 12.8. The molecule has 7 nitrogen and oxygen atoms in total. The summed E-state index contributed by atoms with van der Waals surface area (Å²) in [5.74, 6) is -4.61. The van der Waals surface area contributed by atoms with Crippen LogP contribution in [0.15, 0.2) is 40.0 Å². The van der Waals surface area contributed by atoms with Crippen LogP contribution in [0, 0.1) is 5.92 Å². The number of aliphatic carboxylic acids is 1. The number of carboxylic acids is 1. The van der Waals surface area contributed by atoms with Crippen molar-refractivity contribution in [1.29, 1.82) is 0 Å². The normalized spacial score (nSPS) is 25.8. The van der Waals surface area contributed by atoms with Gasteiger partial charge in [0.25, 0.3) is 5.91 Å². The Morgan fingerprint density at radius 1 is 1.25 bits per heavy atom. The topological polar surface area (TPSA) is 90.8 Å². The van der Waals surface area contributed by atoms with Gasteiger partial charge in [0.05, 0.1) is 6.04 Å². The monoisotopic (exact) mass is 423 g/mol. The van der Waals surface area contributed by atoms with E-state index in [0.717, 1.165) is 16.7 Å². The molecule has 0 bridgehead atoms. The van der Waals surface area contributed by atoms with Gasteiger partial charge in [-0.3, -0.25) is 19.5 Å². The molecular formula is C16H13F3N3NaO4S. The SMILES string of the molecule is O=C(O)C1=C(Sc2ccncc2)C[C@@H]2CN(C(=O)C(F)(F)F)[C@@H]3C(=O)N1[C@H]23.[NaH]. The number of carbonyl (C=O) groups excluding carboxylic acids is 2. The molecule has 0 radical (unpaired) electrons. The Hall–Kier alpha value is -1.56. The quantitative estimate of drug-likeness (QED) is 0.572. The van der Waals surface area contributed by atoms with E-state index in [0.29, 0.717) is 14.7 Å². The summed E-state index contributed by atoms with van der Waals surface area (Å²) in [6.07, 6.45) is -1.84. The summed E-state index contributed by atoms with van der Waals surface area (Å²) in [4.78, 5) is 42.4. The molecule has 0 spiro atoms. The average Bonchev–Trinajstić information content (AvgIpc) is 2.96. The van der Waals surface area contributed by atoms with Gasteiger partial charge in [0.1, 0.15) is 11.7 Å². The van der Waals surface area contributed by atoms with Gasteiger partial charge in [-0.15, -0.1) is 0 Å². The van der Waals surface area contributed by atoms with Crippen molar-refractivity contribution < 1.29 is 32.7 Å². The number of allylic oxidation sites excluding steroid dienone is 1.